The molecule has 0 fully saturated rings. The van der Waals surface area contributed by atoms with Crippen molar-refractivity contribution >= 4 is 28.6 Å². The minimum Gasteiger partial charge on any atom is -0.481 e. The molecule has 6 nitrogen and oxygen atoms in total. The summed E-state index contributed by atoms with van der Waals surface area (Å²) in [6.07, 6.45) is 3.33. The molecular weight excluding hydrogens is 314 g/mol. The van der Waals surface area contributed by atoms with Crippen LogP contribution >= 0.6 is 11.8 Å². The first-order valence-corrected chi connectivity index (χ1v) is 7.87. The Balaban J connectivity index is 2.11. The summed E-state index contributed by atoms with van der Waals surface area (Å²) >= 11 is 1.04. The van der Waals surface area contributed by atoms with Crippen LogP contribution in [0, 0.1) is 0 Å². The monoisotopic (exact) mass is 327 g/mol. The van der Waals surface area contributed by atoms with Gasteiger partial charge in [0.25, 0.3) is 5.56 Å². The largest absolute Gasteiger partial charge is 0.481 e. The van der Waals surface area contributed by atoms with E-state index in [-0.39, 0.29) is 11.3 Å². The third-order valence-electron chi connectivity index (χ3n) is 3.21. The molecule has 0 aliphatic heterocycles. The second-order valence-corrected chi connectivity index (χ2v) is 5.79. The van der Waals surface area contributed by atoms with Crippen molar-refractivity contribution < 1.29 is 9.90 Å². The highest BCUT2D eigenvalue weighted by Gasteiger charge is 2.13. The highest BCUT2D eigenvalue weighted by molar-refractivity contribution is 7.99. The van der Waals surface area contributed by atoms with Crippen LogP contribution in [0.15, 0.2) is 58.7 Å². The lowest BCUT2D eigenvalue weighted by molar-refractivity contribution is -0.133. The average Bonchev–Trinajstić information content (AvgIpc) is 2.57. The Hall–Kier alpha value is -2.67. The standard InChI is InChI=1S/C16H13N3O3S/c20-14(21)10-23-16-18-13-6-2-1-5-12(13)15(22)19(16)9-11-4-3-7-17-8-11/h1-8H,9-10H2,(H,20,21). The predicted octanol–water partition coefficient (Wildman–Crippen LogP) is 2.02. The molecule has 0 saturated carbocycles. The van der Waals surface area contributed by atoms with E-state index in [1.807, 2.05) is 6.07 Å². The third kappa shape index (κ3) is 3.40. The van der Waals surface area contributed by atoms with Gasteiger partial charge in [-0.15, -0.1) is 0 Å². The van der Waals surface area contributed by atoms with Crippen LogP contribution in [0.4, 0.5) is 0 Å². The first-order chi connectivity index (χ1) is 11.1. The lowest BCUT2D eigenvalue weighted by Crippen LogP contribution is -2.24. The van der Waals surface area contributed by atoms with Gasteiger partial charge in [-0.1, -0.05) is 30.0 Å². The van der Waals surface area contributed by atoms with Crippen LogP contribution in [0.1, 0.15) is 5.56 Å². The Bertz CT molecular complexity index is 909. The SMILES string of the molecule is O=C(O)CSc1nc2ccccc2c(=O)n1Cc1cccnc1. The van der Waals surface area contributed by atoms with E-state index in [4.69, 9.17) is 5.11 Å². The molecule has 23 heavy (non-hydrogen) atoms. The van der Waals surface area contributed by atoms with Crippen molar-refractivity contribution in [1.82, 2.24) is 14.5 Å². The fourth-order valence-electron chi connectivity index (χ4n) is 2.20. The number of para-hydroxylation sites is 1. The van der Waals surface area contributed by atoms with Crippen molar-refractivity contribution in [3.05, 3.63) is 64.7 Å². The minimum absolute atomic E-state index is 0.155. The minimum atomic E-state index is -0.953. The smallest absolute Gasteiger partial charge is 0.313 e. The van der Waals surface area contributed by atoms with Crippen LogP contribution in [-0.4, -0.2) is 31.4 Å². The summed E-state index contributed by atoms with van der Waals surface area (Å²) < 4.78 is 1.49. The van der Waals surface area contributed by atoms with Gasteiger partial charge in [-0.2, -0.15) is 0 Å². The maximum Gasteiger partial charge on any atom is 0.313 e. The van der Waals surface area contributed by atoms with E-state index in [0.29, 0.717) is 22.6 Å². The van der Waals surface area contributed by atoms with E-state index in [1.54, 1.807) is 42.7 Å². The van der Waals surface area contributed by atoms with Gasteiger partial charge in [0.2, 0.25) is 0 Å². The van der Waals surface area contributed by atoms with E-state index in [0.717, 1.165) is 17.3 Å². The fourth-order valence-corrected chi connectivity index (χ4v) is 2.92. The molecule has 2 heterocycles. The highest BCUT2D eigenvalue weighted by atomic mass is 32.2. The summed E-state index contributed by atoms with van der Waals surface area (Å²) in [5, 5.41) is 9.79. The van der Waals surface area contributed by atoms with Gasteiger partial charge in [0.15, 0.2) is 5.16 Å². The molecule has 7 heteroatoms. The van der Waals surface area contributed by atoms with Crippen LogP contribution in [0.5, 0.6) is 0 Å². The van der Waals surface area contributed by atoms with E-state index in [1.165, 1.54) is 4.57 Å². The molecule has 0 saturated heterocycles. The van der Waals surface area contributed by atoms with Crippen LogP contribution in [0.3, 0.4) is 0 Å². The van der Waals surface area contributed by atoms with Gasteiger partial charge in [0.05, 0.1) is 23.2 Å². The Morgan fingerprint density at radius 3 is 2.78 bits per heavy atom. The molecule has 116 valence electrons. The molecule has 1 N–H and O–H groups in total. The zero-order valence-corrected chi connectivity index (χ0v) is 12.9. The van der Waals surface area contributed by atoms with Crippen molar-refractivity contribution in [3.8, 4) is 0 Å². The molecular formula is C16H13N3O3S. The summed E-state index contributed by atoms with van der Waals surface area (Å²) in [7, 11) is 0. The van der Waals surface area contributed by atoms with E-state index in [2.05, 4.69) is 9.97 Å². The Labute approximate surface area is 135 Å². The van der Waals surface area contributed by atoms with Gasteiger partial charge in [-0.05, 0) is 23.8 Å². The maximum absolute atomic E-state index is 12.7. The lowest BCUT2D eigenvalue weighted by atomic mass is 10.2. The topological polar surface area (TPSA) is 85.1 Å². The van der Waals surface area contributed by atoms with E-state index >= 15 is 0 Å². The molecule has 0 unspecified atom stereocenters. The number of thioether (sulfide) groups is 1. The predicted molar refractivity (Wildman–Crippen MR) is 87.7 cm³/mol. The van der Waals surface area contributed by atoms with Crippen molar-refractivity contribution in [2.75, 3.05) is 5.75 Å². The number of pyridine rings is 1. The van der Waals surface area contributed by atoms with Crippen LogP contribution < -0.4 is 5.56 Å². The third-order valence-corrected chi connectivity index (χ3v) is 4.18. The number of carboxylic acid groups (broad SMARTS) is 1. The number of hydrogen-bond acceptors (Lipinski definition) is 5. The summed E-state index contributed by atoms with van der Waals surface area (Å²) in [6, 6.07) is 10.7. The van der Waals surface area contributed by atoms with Crippen molar-refractivity contribution in [2.24, 2.45) is 0 Å². The summed E-state index contributed by atoms with van der Waals surface area (Å²) in [6.45, 7) is 0.298. The van der Waals surface area contributed by atoms with E-state index < -0.39 is 5.97 Å². The van der Waals surface area contributed by atoms with Crippen LogP contribution in [-0.2, 0) is 11.3 Å². The Morgan fingerprint density at radius 2 is 2.04 bits per heavy atom. The molecule has 0 spiro atoms. The lowest BCUT2D eigenvalue weighted by Gasteiger charge is -2.12. The van der Waals surface area contributed by atoms with Crippen molar-refractivity contribution in [3.63, 3.8) is 0 Å². The van der Waals surface area contributed by atoms with Crippen molar-refractivity contribution in [1.29, 1.82) is 0 Å². The number of carboxylic acids is 1. The number of fused-ring (bicyclic) bond motifs is 1. The van der Waals surface area contributed by atoms with Crippen molar-refractivity contribution in [2.45, 2.75) is 11.7 Å². The molecule has 3 aromatic rings. The number of hydrogen-bond donors (Lipinski definition) is 1. The quantitative estimate of drug-likeness (QED) is 0.570. The van der Waals surface area contributed by atoms with Crippen LogP contribution in [0.2, 0.25) is 0 Å². The molecule has 0 aliphatic carbocycles. The number of rotatable bonds is 5. The van der Waals surface area contributed by atoms with Gasteiger partial charge in [0, 0.05) is 12.4 Å². The second kappa shape index (κ2) is 6.62. The number of aliphatic carboxylic acids is 1. The molecule has 0 amide bonds. The number of benzene rings is 1. The summed E-state index contributed by atoms with van der Waals surface area (Å²) in [5.41, 5.74) is 1.23. The normalized spacial score (nSPS) is 10.8. The molecule has 2 aromatic heterocycles. The zero-order chi connectivity index (χ0) is 16.2. The molecule has 1 aromatic carbocycles. The summed E-state index contributed by atoms with van der Waals surface area (Å²) in [5.74, 6) is -1.11. The first-order valence-electron chi connectivity index (χ1n) is 6.88. The fraction of sp³-hybridized carbons (Fsp3) is 0.125. The van der Waals surface area contributed by atoms with Gasteiger partial charge < -0.3 is 5.11 Å². The number of aromatic nitrogens is 3. The molecule has 0 atom stereocenters. The number of nitrogens with zero attached hydrogens (tertiary/aromatic N) is 3. The summed E-state index contributed by atoms with van der Waals surface area (Å²) in [4.78, 5) is 32.1. The highest BCUT2D eigenvalue weighted by Crippen LogP contribution is 2.18. The maximum atomic E-state index is 12.7. The average molecular weight is 327 g/mol. The molecule has 3 rings (SSSR count). The van der Waals surface area contributed by atoms with E-state index in [9.17, 15) is 9.59 Å². The second-order valence-electron chi connectivity index (χ2n) is 4.85. The Kier molecular flexibility index (Phi) is 4.38. The van der Waals surface area contributed by atoms with Gasteiger partial charge in [-0.25, -0.2) is 4.98 Å². The van der Waals surface area contributed by atoms with Gasteiger partial charge in [0.1, 0.15) is 0 Å². The van der Waals surface area contributed by atoms with Crippen LogP contribution in [0.25, 0.3) is 10.9 Å². The first kappa shape index (κ1) is 15.2. The molecule has 0 bridgehead atoms. The van der Waals surface area contributed by atoms with Gasteiger partial charge >= 0.3 is 5.97 Å². The molecule has 0 aliphatic rings. The number of carbonyl (C=O) groups is 1. The molecule has 0 radical (unpaired) electrons. The Morgan fingerprint density at radius 1 is 1.22 bits per heavy atom. The zero-order valence-electron chi connectivity index (χ0n) is 12.0. The van der Waals surface area contributed by atoms with Gasteiger partial charge in [-0.3, -0.25) is 19.1 Å².